The number of hydrogen-bond donors (Lipinski definition) is 0. The Balaban J connectivity index is 4.34. The predicted molar refractivity (Wildman–Crippen MR) is 238 cm³/mol. The number of unbranched alkanes of at least 4 members (excludes halogenated alkanes) is 24. The Kier molecular flexibility index (Phi) is 40.4. The third-order valence-corrected chi connectivity index (χ3v) is 11.9. The molecule has 0 aromatic rings. The fourth-order valence-corrected chi connectivity index (χ4v) is 7.34. The van der Waals surface area contributed by atoms with Gasteiger partial charge in [0.15, 0.2) is 6.10 Å². The van der Waals surface area contributed by atoms with E-state index in [1.54, 1.807) is 0 Å². The third kappa shape index (κ3) is 40.6. The van der Waals surface area contributed by atoms with Gasteiger partial charge in [0, 0.05) is 19.3 Å². The highest BCUT2D eigenvalue weighted by Crippen LogP contribution is 2.18. The number of rotatable bonds is 43. The van der Waals surface area contributed by atoms with Gasteiger partial charge in [0.2, 0.25) is 0 Å². The smallest absolute Gasteiger partial charge is 0.306 e. The van der Waals surface area contributed by atoms with Crippen LogP contribution in [0.25, 0.3) is 0 Å². The van der Waals surface area contributed by atoms with Gasteiger partial charge in [-0.25, -0.2) is 0 Å². The van der Waals surface area contributed by atoms with Crippen LogP contribution in [0.1, 0.15) is 266 Å². The van der Waals surface area contributed by atoms with E-state index in [9.17, 15) is 14.4 Å². The molecule has 332 valence electrons. The normalized spacial score (nSPS) is 13.1. The molecule has 0 heterocycles. The lowest BCUT2D eigenvalue weighted by molar-refractivity contribution is -0.167. The average Bonchev–Trinajstić information content (AvgIpc) is 3.18. The second kappa shape index (κ2) is 41.6. The summed E-state index contributed by atoms with van der Waals surface area (Å²) >= 11 is 0. The van der Waals surface area contributed by atoms with Crippen LogP contribution in [-0.4, -0.2) is 37.2 Å². The van der Waals surface area contributed by atoms with Crippen molar-refractivity contribution in [3.05, 3.63) is 0 Å². The molecule has 0 saturated carbocycles. The molecule has 0 aliphatic rings. The van der Waals surface area contributed by atoms with E-state index < -0.39 is 6.10 Å². The fraction of sp³-hybridized carbons (Fsp3) is 0.940. The summed E-state index contributed by atoms with van der Waals surface area (Å²) in [5, 5.41) is 0. The molecule has 0 bridgehead atoms. The maximum Gasteiger partial charge on any atom is 0.306 e. The number of carbonyl (C=O) groups is 3. The van der Waals surface area contributed by atoms with Crippen LogP contribution in [-0.2, 0) is 28.6 Å². The quantitative estimate of drug-likeness (QED) is 0.0348. The summed E-state index contributed by atoms with van der Waals surface area (Å²) in [5.41, 5.74) is 0. The lowest BCUT2D eigenvalue weighted by Crippen LogP contribution is -2.30. The zero-order chi connectivity index (χ0) is 41.3. The summed E-state index contributed by atoms with van der Waals surface area (Å²) in [4.78, 5) is 37.8. The molecule has 0 aliphatic heterocycles. The number of hydrogen-bond acceptors (Lipinski definition) is 6. The van der Waals surface area contributed by atoms with Gasteiger partial charge < -0.3 is 14.2 Å². The number of esters is 3. The molecule has 2 unspecified atom stereocenters. The highest BCUT2D eigenvalue weighted by Gasteiger charge is 2.19. The molecular weight excluding hydrogens is 697 g/mol. The Hall–Kier alpha value is -1.59. The van der Waals surface area contributed by atoms with Crippen molar-refractivity contribution in [2.75, 3.05) is 13.2 Å². The molecule has 0 amide bonds. The largest absolute Gasteiger partial charge is 0.462 e. The molecule has 56 heavy (non-hydrogen) atoms. The van der Waals surface area contributed by atoms with E-state index in [-0.39, 0.29) is 31.1 Å². The first-order valence-electron chi connectivity index (χ1n) is 24.7. The minimum atomic E-state index is -0.763. The molecule has 0 saturated heterocycles. The van der Waals surface area contributed by atoms with E-state index in [0.717, 1.165) is 75.5 Å². The van der Waals surface area contributed by atoms with Crippen LogP contribution in [0.4, 0.5) is 0 Å². The first kappa shape index (κ1) is 54.4. The van der Waals surface area contributed by atoms with E-state index in [1.165, 1.54) is 148 Å². The van der Waals surface area contributed by atoms with E-state index >= 15 is 0 Å². The van der Waals surface area contributed by atoms with Gasteiger partial charge in [0.05, 0.1) is 0 Å². The molecule has 0 fully saturated rings. The molecule has 0 aliphatic carbocycles. The minimum Gasteiger partial charge on any atom is -0.462 e. The van der Waals surface area contributed by atoms with E-state index in [2.05, 4.69) is 41.5 Å². The summed E-state index contributed by atoms with van der Waals surface area (Å²) in [6.07, 6.45) is 39.4. The van der Waals surface area contributed by atoms with E-state index in [1.807, 2.05) is 0 Å². The monoisotopic (exact) mass is 793 g/mol. The van der Waals surface area contributed by atoms with Crippen molar-refractivity contribution in [3.63, 3.8) is 0 Å². The number of ether oxygens (including phenoxy) is 3. The first-order valence-corrected chi connectivity index (χ1v) is 24.7. The molecular formula is C50H96O6. The van der Waals surface area contributed by atoms with Crippen LogP contribution >= 0.6 is 0 Å². The second-order valence-electron chi connectivity index (χ2n) is 18.1. The van der Waals surface area contributed by atoms with Gasteiger partial charge >= 0.3 is 17.9 Å². The molecule has 3 atom stereocenters. The lowest BCUT2D eigenvalue weighted by Gasteiger charge is -2.18. The van der Waals surface area contributed by atoms with Crippen molar-refractivity contribution >= 4 is 17.9 Å². The molecule has 0 N–H and O–H groups in total. The Labute approximate surface area is 348 Å². The number of carbonyl (C=O) groups excluding carboxylic acids is 3. The van der Waals surface area contributed by atoms with Gasteiger partial charge in [-0.3, -0.25) is 14.4 Å². The highest BCUT2D eigenvalue weighted by atomic mass is 16.6. The van der Waals surface area contributed by atoms with E-state index in [4.69, 9.17) is 14.2 Å². The van der Waals surface area contributed by atoms with Crippen LogP contribution in [0, 0.1) is 17.8 Å². The molecule has 0 aromatic carbocycles. The molecule has 0 aromatic heterocycles. The zero-order valence-electron chi connectivity index (χ0n) is 38.4. The minimum absolute atomic E-state index is 0.0659. The van der Waals surface area contributed by atoms with Crippen molar-refractivity contribution in [2.24, 2.45) is 17.8 Å². The predicted octanol–water partition coefficient (Wildman–Crippen LogP) is 15.6. The second-order valence-corrected chi connectivity index (χ2v) is 18.1. The lowest BCUT2D eigenvalue weighted by atomic mass is 9.99. The van der Waals surface area contributed by atoms with Gasteiger partial charge in [0.25, 0.3) is 0 Å². The van der Waals surface area contributed by atoms with Crippen LogP contribution < -0.4 is 0 Å². The Morgan fingerprint density at radius 3 is 0.929 bits per heavy atom. The topological polar surface area (TPSA) is 78.9 Å². The summed E-state index contributed by atoms with van der Waals surface area (Å²) in [7, 11) is 0. The SMILES string of the molecule is CCC(C)CCCCCCCCCCCCC(=O)OC[C@@H](COC(=O)CCCCCCCCC(C)CC)OC(=O)CCCCCCCCCCCCCC(C)C. The average molecular weight is 793 g/mol. The van der Waals surface area contributed by atoms with Crippen molar-refractivity contribution < 1.29 is 28.6 Å². The van der Waals surface area contributed by atoms with Gasteiger partial charge in [-0.15, -0.1) is 0 Å². The highest BCUT2D eigenvalue weighted by molar-refractivity contribution is 5.71. The molecule has 0 spiro atoms. The van der Waals surface area contributed by atoms with Crippen LogP contribution in [0.3, 0.4) is 0 Å². The summed E-state index contributed by atoms with van der Waals surface area (Å²) in [5.74, 6) is 1.65. The first-order chi connectivity index (χ1) is 27.2. The Morgan fingerprint density at radius 2 is 0.625 bits per heavy atom. The van der Waals surface area contributed by atoms with Crippen molar-refractivity contribution in [1.82, 2.24) is 0 Å². The molecule has 6 heteroatoms. The standard InChI is InChI=1S/C50H96O6/c1-7-45(5)37-31-25-19-15-12-13-16-20-27-33-39-48(51)54-42-47(43-55-49(52)40-34-28-23-22-26-32-38-46(6)8-2)56-50(53)41-35-29-21-17-11-9-10-14-18-24-30-36-44(3)4/h44-47H,7-43H2,1-6H3/t45?,46?,47-/m0/s1. The maximum absolute atomic E-state index is 12.8. The fourth-order valence-electron chi connectivity index (χ4n) is 7.34. The zero-order valence-corrected chi connectivity index (χ0v) is 38.4. The van der Waals surface area contributed by atoms with Gasteiger partial charge in [-0.2, -0.15) is 0 Å². The van der Waals surface area contributed by atoms with Crippen LogP contribution in [0.15, 0.2) is 0 Å². The van der Waals surface area contributed by atoms with Crippen LogP contribution in [0.5, 0.6) is 0 Å². The Morgan fingerprint density at radius 1 is 0.357 bits per heavy atom. The molecule has 6 nitrogen and oxygen atoms in total. The van der Waals surface area contributed by atoms with E-state index in [0.29, 0.717) is 19.3 Å². The van der Waals surface area contributed by atoms with Crippen molar-refractivity contribution in [3.8, 4) is 0 Å². The maximum atomic E-state index is 12.8. The molecule has 0 rings (SSSR count). The third-order valence-electron chi connectivity index (χ3n) is 11.9. The summed E-state index contributed by atoms with van der Waals surface area (Å²) < 4.78 is 16.8. The van der Waals surface area contributed by atoms with Crippen molar-refractivity contribution in [2.45, 2.75) is 272 Å². The van der Waals surface area contributed by atoms with Crippen LogP contribution in [0.2, 0.25) is 0 Å². The van der Waals surface area contributed by atoms with Gasteiger partial charge in [-0.1, -0.05) is 228 Å². The van der Waals surface area contributed by atoms with Crippen molar-refractivity contribution in [1.29, 1.82) is 0 Å². The summed E-state index contributed by atoms with van der Waals surface area (Å²) in [6.45, 7) is 13.7. The molecule has 0 radical (unpaired) electrons. The Bertz CT molecular complexity index is 872. The van der Waals surface area contributed by atoms with Gasteiger partial charge in [-0.05, 0) is 37.0 Å². The summed E-state index contributed by atoms with van der Waals surface area (Å²) in [6, 6.07) is 0. The van der Waals surface area contributed by atoms with Gasteiger partial charge in [0.1, 0.15) is 13.2 Å².